The number of methoxy groups -OCH3 is 2. The number of carbonyl (C=O) groups excluding carboxylic acids is 3. The van der Waals surface area contributed by atoms with Gasteiger partial charge in [0.25, 0.3) is 5.91 Å². The fourth-order valence-corrected chi connectivity index (χ4v) is 1.77. The highest BCUT2D eigenvalue weighted by molar-refractivity contribution is 5.97. The van der Waals surface area contributed by atoms with Crippen LogP contribution in [0.1, 0.15) is 23.7 Å². The summed E-state index contributed by atoms with van der Waals surface area (Å²) in [6.07, 6.45) is 0.819. The first-order valence-corrected chi connectivity index (χ1v) is 7.54. The van der Waals surface area contributed by atoms with E-state index < -0.39 is 11.8 Å². The van der Waals surface area contributed by atoms with Crippen LogP contribution in [0.25, 0.3) is 0 Å². The van der Waals surface area contributed by atoms with Gasteiger partial charge in [-0.3, -0.25) is 14.4 Å². The van der Waals surface area contributed by atoms with Crippen molar-refractivity contribution in [3.8, 4) is 11.5 Å². The first kappa shape index (κ1) is 19.3. The lowest BCUT2D eigenvalue weighted by Crippen LogP contribution is -2.42. The van der Waals surface area contributed by atoms with Gasteiger partial charge in [0.15, 0.2) is 0 Å². The molecule has 0 aliphatic heterocycles. The van der Waals surface area contributed by atoms with Gasteiger partial charge in [-0.05, 0) is 18.6 Å². The van der Waals surface area contributed by atoms with E-state index in [1.165, 1.54) is 26.4 Å². The molecule has 8 nitrogen and oxygen atoms in total. The van der Waals surface area contributed by atoms with Crippen LogP contribution in [0.5, 0.6) is 11.5 Å². The molecule has 0 heterocycles. The van der Waals surface area contributed by atoms with Crippen molar-refractivity contribution in [2.45, 2.75) is 13.3 Å². The molecule has 0 radical (unpaired) electrons. The second-order valence-corrected chi connectivity index (χ2v) is 4.91. The average molecular weight is 337 g/mol. The van der Waals surface area contributed by atoms with Crippen molar-refractivity contribution in [2.75, 3.05) is 33.9 Å². The molecule has 1 aromatic carbocycles. The summed E-state index contributed by atoms with van der Waals surface area (Å²) in [5.74, 6) is -0.232. The lowest BCUT2D eigenvalue weighted by molar-refractivity contribution is -0.125. The SMILES string of the molecule is CCCNC(=O)CNC(=O)CNC(=O)c1cc(OC)cc(OC)c1. The minimum atomic E-state index is -0.454. The Balaban J connectivity index is 2.48. The lowest BCUT2D eigenvalue weighted by atomic mass is 10.2. The Morgan fingerprint density at radius 3 is 1.96 bits per heavy atom. The number of rotatable bonds is 9. The van der Waals surface area contributed by atoms with Crippen molar-refractivity contribution in [1.82, 2.24) is 16.0 Å². The van der Waals surface area contributed by atoms with Crippen molar-refractivity contribution in [3.05, 3.63) is 23.8 Å². The molecule has 8 heteroatoms. The first-order chi connectivity index (χ1) is 11.5. The van der Waals surface area contributed by atoms with E-state index in [2.05, 4.69) is 16.0 Å². The maximum atomic E-state index is 12.1. The Hall–Kier alpha value is -2.77. The summed E-state index contributed by atoms with van der Waals surface area (Å²) in [4.78, 5) is 35.1. The molecule has 24 heavy (non-hydrogen) atoms. The fourth-order valence-electron chi connectivity index (χ4n) is 1.77. The van der Waals surface area contributed by atoms with Gasteiger partial charge >= 0.3 is 0 Å². The van der Waals surface area contributed by atoms with E-state index in [1.807, 2.05) is 6.92 Å². The van der Waals surface area contributed by atoms with Crippen LogP contribution < -0.4 is 25.4 Å². The summed E-state index contributed by atoms with van der Waals surface area (Å²) >= 11 is 0. The van der Waals surface area contributed by atoms with Crippen molar-refractivity contribution in [3.63, 3.8) is 0 Å². The molecule has 1 aromatic rings. The zero-order valence-electron chi connectivity index (χ0n) is 14.1. The molecular weight excluding hydrogens is 314 g/mol. The molecular formula is C16H23N3O5. The third kappa shape index (κ3) is 6.55. The molecule has 0 aliphatic rings. The van der Waals surface area contributed by atoms with Gasteiger partial charge in [0, 0.05) is 18.2 Å². The second kappa shape index (κ2) is 10.1. The smallest absolute Gasteiger partial charge is 0.251 e. The molecule has 3 amide bonds. The normalized spacial score (nSPS) is 9.79. The summed E-state index contributed by atoms with van der Waals surface area (Å²) in [6.45, 7) is 2.13. The molecule has 132 valence electrons. The lowest BCUT2D eigenvalue weighted by Gasteiger charge is -2.09. The van der Waals surface area contributed by atoms with Crippen LogP contribution in [-0.2, 0) is 9.59 Å². The minimum absolute atomic E-state index is 0.123. The van der Waals surface area contributed by atoms with Crippen LogP contribution in [0.4, 0.5) is 0 Å². The number of nitrogens with one attached hydrogen (secondary N) is 3. The fraction of sp³-hybridized carbons (Fsp3) is 0.438. The highest BCUT2D eigenvalue weighted by Crippen LogP contribution is 2.22. The molecule has 0 aliphatic carbocycles. The van der Waals surface area contributed by atoms with E-state index in [9.17, 15) is 14.4 Å². The summed E-state index contributed by atoms with van der Waals surface area (Å²) in [6, 6.07) is 4.71. The largest absolute Gasteiger partial charge is 0.497 e. The van der Waals surface area contributed by atoms with E-state index >= 15 is 0 Å². The third-order valence-corrected chi connectivity index (χ3v) is 3.04. The van der Waals surface area contributed by atoms with Crippen molar-refractivity contribution < 1.29 is 23.9 Å². The highest BCUT2D eigenvalue weighted by atomic mass is 16.5. The summed E-state index contributed by atoms with van der Waals surface area (Å²) in [5.41, 5.74) is 0.305. The summed E-state index contributed by atoms with van der Waals surface area (Å²) in [5, 5.41) is 7.54. The van der Waals surface area contributed by atoms with Crippen LogP contribution in [0.2, 0.25) is 0 Å². The number of ether oxygens (including phenoxy) is 2. The van der Waals surface area contributed by atoms with Crippen LogP contribution in [0.3, 0.4) is 0 Å². The maximum absolute atomic E-state index is 12.1. The Morgan fingerprint density at radius 1 is 0.875 bits per heavy atom. The van der Waals surface area contributed by atoms with E-state index in [4.69, 9.17) is 9.47 Å². The molecule has 0 fully saturated rings. The van der Waals surface area contributed by atoms with Crippen LogP contribution >= 0.6 is 0 Å². The van der Waals surface area contributed by atoms with Crippen molar-refractivity contribution >= 4 is 17.7 Å². The molecule has 0 saturated carbocycles. The minimum Gasteiger partial charge on any atom is -0.497 e. The predicted octanol–water partition coefficient (Wildman–Crippen LogP) is 0.0760. The highest BCUT2D eigenvalue weighted by Gasteiger charge is 2.12. The molecule has 1 rings (SSSR count). The standard InChI is InChI=1S/C16H23N3O5/c1-4-5-17-14(20)9-18-15(21)10-19-16(22)11-6-12(23-2)8-13(7-11)24-3/h6-8H,4-5,9-10H2,1-3H3,(H,17,20)(H,18,21)(H,19,22). The molecule has 0 spiro atoms. The van der Waals surface area contributed by atoms with Crippen LogP contribution in [-0.4, -0.2) is 51.6 Å². The van der Waals surface area contributed by atoms with E-state index in [0.717, 1.165) is 6.42 Å². The number of carbonyl (C=O) groups is 3. The van der Waals surface area contributed by atoms with Gasteiger partial charge < -0.3 is 25.4 Å². The topological polar surface area (TPSA) is 106 Å². The van der Waals surface area contributed by atoms with E-state index in [-0.39, 0.29) is 19.0 Å². The van der Waals surface area contributed by atoms with E-state index in [1.54, 1.807) is 6.07 Å². The monoisotopic (exact) mass is 337 g/mol. The quantitative estimate of drug-likeness (QED) is 0.592. The average Bonchev–Trinajstić information content (AvgIpc) is 2.61. The second-order valence-electron chi connectivity index (χ2n) is 4.91. The summed E-state index contributed by atoms with van der Waals surface area (Å²) in [7, 11) is 2.96. The molecule has 0 aromatic heterocycles. The Kier molecular flexibility index (Phi) is 8.10. The predicted molar refractivity (Wildman–Crippen MR) is 88.2 cm³/mol. The molecule has 0 bridgehead atoms. The zero-order valence-corrected chi connectivity index (χ0v) is 14.1. The number of hydrogen-bond donors (Lipinski definition) is 3. The number of benzene rings is 1. The van der Waals surface area contributed by atoms with Crippen LogP contribution in [0.15, 0.2) is 18.2 Å². The molecule has 0 atom stereocenters. The van der Waals surface area contributed by atoms with E-state index in [0.29, 0.717) is 23.6 Å². The number of amides is 3. The summed E-state index contributed by atoms with van der Waals surface area (Å²) < 4.78 is 10.2. The van der Waals surface area contributed by atoms with Gasteiger partial charge in [-0.25, -0.2) is 0 Å². The van der Waals surface area contributed by atoms with Crippen LogP contribution in [0, 0.1) is 0 Å². The third-order valence-electron chi connectivity index (χ3n) is 3.04. The molecule has 3 N–H and O–H groups in total. The van der Waals surface area contributed by atoms with Gasteiger partial charge in [-0.15, -0.1) is 0 Å². The van der Waals surface area contributed by atoms with Crippen molar-refractivity contribution in [1.29, 1.82) is 0 Å². The van der Waals surface area contributed by atoms with Gasteiger partial charge in [0.05, 0.1) is 27.3 Å². The Labute approximate surface area is 140 Å². The number of hydrogen-bond acceptors (Lipinski definition) is 5. The first-order valence-electron chi connectivity index (χ1n) is 7.54. The van der Waals surface area contributed by atoms with Gasteiger partial charge in [-0.2, -0.15) is 0 Å². The molecule has 0 saturated heterocycles. The maximum Gasteiger partial charge on any atom is 0.251 e. The van der Waals surface area contributed by atoms with Crippen molar-refractivity contribution in [2.24, 2.45) is 0 Å². The molecule has 0 unspecified atom stereocenters. The van der Waals surface area contributed by atoms with Gasteiger partial charge in [0.2, 0.25) is 11.8 Å². The Bertz CT molecular complexity index is 567. The zero-order chi connectivity index (χ0) is 17.9. The van der Waals surface area contributed by atoms with Gasteiger partial charge in [-0.1, -0.05) is 6.92 Å². The Morgan fingerprint density at radius 2 is 1.42 bits per heavy atom. The van der Waals surface area contributed by atoms with Gasteiger partial charge in [0.1, 0.15) is 11.5 Å².